The largest absolute Gasteiger partial charge is 0.489 e. The molecule has 0 bridgehead atoms. The lowest BCUT2D eigenvalue weighted by Crippen LogP contribution is -2.45. The number of carbonyl (C=O) groups is 1. The van der Waals surface area contributed by atoms with Crippen LogP contribution in [0.2, 0.25) is 5.02 Å². The van der Waals surface area contributed by atoms with E-state index < -0.39 is 11.5 Å². The first kappa shape index (κ1) is 25.1. The van der Waals surface area contributed by atoms with Crippen LogP contribution in [0.15, 0.2) is 82.6 Å². The molecule has 0 aliphatic rings. The van der Waals surface area contributed by atoms with Crippen molar-refractivity contribution >= 4 is 29.3 Å². The number of nitrogens with two attached hydrogens (primary N) is 1. The zero-order valence-corrected chi connectivity index (χ0v) is 19.8. The van der Waals surface area contributed by atoms with Gasteiger partial charge in [-0.05, 0) is 60.7 Å². The van der Waals surface area contributed by atoms with Gasteiger partial charge in [0.05, 0.1) is 13.0 Å². The van der Waals surface area contributed by atoms with E-state index in [-0.39, 0.29) is 13.0 Å². The second kappa shape index (κ2) is 12.1. The molecule has 33 heavy (non-hydrogen) atoms. The van der Waals surface area contributed by atoms with Crippen LogP contribution in [0.4, 0.5) is 0 Å². The number of halogens is 1. The van der Waals surface area contributed by atoms with E-state index in [4.69, 9.17) is 27.2 Å². The van der Waals surface area contributed by atoms with Gasteiger partial charge < -0.3 is 20.7 Å². The number of ether oxygens (including phenoxy) is 1. The Morgan fingerprint density at radius 1 is 1.03 bits per heavy atom. The Morgan fingerprint density at radius 3 is 2.48 bits per heavy atom. The van der Waals surface area contributed by atoms with Crippen LogP contribution in [0.1, 0.15) is 30.4 Å². The maximum atomic E-state index is 10.9. The van der Waals surface area contributed by atoms with Crippen molar-refractivity contribution in [1.82, 2.24) is 0 Å². The van der Waals surface area contributed by atoms with Gasteiger partial charge in [-0.25, -0.2) is 0 Å². The van der Waals surface area contributed by atoms with Gasteiger partial charge in [0.2, 0.25) is 0 Å². The molecule has 0 saturated carbocycles. The number of hydrogen-bond donors (Lipinski definition) is 3. The van der Waals surface area contributed by atoms with E-state index >= 15 is 0 Å². The monoisotopic (exact) mass is 485 g/mol. The summed E-state index contributed by atoms with van der Waals surface area (Å²) < 4.78 is 5.91. The van der Waals surface area contributed by atoms with Gasteiger partial charge in [-0.15, -0.1) is 0 Å². The fraction of sp³-hybridized carbons (Fsp3) is 0.269. The highest BCUT2D eigenvalue weighted by atomic mass is 35.5. The van der Waals surface area contributed by atoms with Crippen LogP contribution < -0.4 is 10.5 Å². The molecule has 0 heterocycles. The van der Waals surface area contributed by atoms with Crippen molar-refractivity contribution in [3.8, 4) is 5.75 Å². The van der Waals surface area contributed by atoms with E-state index in [0.29, 0.717) is 30.9 Å². The van der Waals surface area contributed by atoms with Gasteiger partial charge in [-0.1, -0.05) is 65.8 Å². The number of aliphatic hydroxyl groups excluding tert-OH is 1. The van der Waals surface area contributed by atoms with Crippen LogP contribution in [0, 0.1) is 0 Å². The van der Waals surface area contributed by atoms with Crippen LogP contribution in [0.3, 0.4) is 0 Å². The maximum Gasteiger partial charge on any atom is 0.305 e. The predicted octanol–water partition coefficient (Wildman–Crippen LogP) is 5.56. The number of carboxylic acid groups (broad SMARTS) is 1. The van der Waals surface area contributed by atoms with Crippen LogP contribution in [-0.2, 0) is 17.8 Å². The molecule has 0 aliphatic carbocycles. The minimum Gasteiger partial charge on any atom is -0.489 e. The van der Waals surface area contributed by atoms with Crippen molar-refractivity contribution in [2.24, 2.45) is 5.73 Å². The van der Waals surface area contributed by atoms with Crippen molar-refractivity contribution in [2.45, 2.75) is 47.6 Å². The number of aliphatic carboxylic acids is 1. The molecule has 3 aromatic rings. The summed E-state index contributed by atoms with van der Waals surface area (Å²) in [4.78, 5) is 13.0. The summed E-state index contributed by atoms with van der Waals surface area (Å²) in [5.41, 5.74) is 6.98. The Morgan fingerprint density at radius 2 is 1.79 bits per heavy atom. The Hall–Kier alpha value is -2.51. The van der Waals surface area contributed by atoms with Crippen LogP contribution in [0.25, 0.3) is 0 Å². The van der Waals surface area contributed by atoms with Gasteiger partial charge in [-0.3, -0.25) is 4.79 Å². The second-order valence-electron chi connectivity index (χ2n) is 8.05. The average molecular weight is 486 g/mol. The highest BCUT2D eigenvalue weighted by Crippen LogP contribution is 2.33. The third kappa shape index (κ3) is 8.09. The van der Waals surface area contributed by atoms with Gasteiger partial charge in [-0.2, -0.15) is 0 Å². The lowest BCUT2D eigenvalue weighted by Gasteiger charge is -2.25. The summed E-state index contributed by atoms with van der Waals surface area (Å²) in [5, 5.41) is 19.1. The molecule has 5 nitrogen and oxygen atoms in total. The number of aliphatic hydroxyl groups is 1. The molecule has 3 rings (SSSR count). The molecule has 1 unspecified atom stereocenters. The van der Waals surface area contributed by atoms with Crippen LogP contribution in [0.5, 0.6) is 5.75 Å². The molecule has 3 aromatic carbocycles. The SMILES string of the molecule is NC(CO)(CCCc1ccc(Sc2cccc(OCc3ccccc3)c2)cc1Cl)CC(=O)O. The zero-order valence-electron chi connectivity index (χ0n) is 18.2. The highest BCUT2D eigenvalue weighted by Gasteiger charge is 2.27. The maximum absolute atomic E-state index is 10.9. The van der Waals surface area contributed by atoms with Crippen LogP contribution in [-0.4, -0.2) is 28.3 Å². The molecular formula is C26H28ClNO4S. The van der Waals surface area contributed by atoms with E-state index in [0.717, 1.165) is 26.7 Å². The smallest absolute Gasteiger partial charge is 0.305 e. The van der Waals surface area contributed by atoms with Gasteiger partial charge in [0.1, 0.15) is 12.4 Å². The first-order valence-electron chi connectivity index (χ1n) is 10.7. The zero-order chi connectivity index (χ0) is 23.7. The first-order valence-corrected chi connectivity index (χ1v) is 11.9. The molecule has 4 N–H and O–H groups in total. The lowest BCUT2D eigenvalue weighted by atomic mass is 9.90. The Balaban J connectivity index is 1.56. The summed E-state index contributed by atoms with van der Waals surface area (Å²) >= 11 is 8.10. The average Bonchev–Trinajstić information content (AvgIpc) is 2.80. The summed E-state index contributed by atoms with van der Waals surface area (Å²) in [7, 11) is 0. The molecule has 0 amide bonds. The van der Waals surface area contributed by atoms with Gasteiger partial charge in [0.25, 0.3) is 0 Å². The fourth-order valence-corrected chi connectivity index (χ4v) is 4.70. The molecule has 174 valence electrons. The molecule has 0 spiro atoms. The number of aryl methyl sites for hydroxylation is 1. The van der Waals surface area contributed by atoms with Gasteiger partial charge >= 0.3 is 5.97 Å². The quantitative estimate of drug-likeness (QED) is 0.311. The van der Waals surface area contributed by atoms with Crippen molar-refractivity contribution in [3.05, 3.63) is 88.9 Å². The molecule has 0 saturated heterocycles. The van der Waals surface area contributed by atoms with Crippen molar-refractivity contribution in [3.63, 3.8) is 0 Å². The van der Waals surface area contributed by atoms with Crippen LogP contribution >= 0.6 is 23.4 Å². The van der Waals surface area contributed by atoms with Crippen molar-refractivity contribution in [1.29, 1.82) is 0 Å². The van der Waals surface area contributed by atoms with E-state index in [2.05, 4.69) is 0 Å². The number of carboxylic acids is 1. The van der Waals surface area contributed by atoms with Crippen molar-refractivity contribution < 1.29 is 19.7 Å². The fourth-order valence-electron chi connectivity index (χ4n) is 3.45. The molecular weight excluding hydrogens is 458 g/mol. The predicted molar refractivity (Wildman–Crippen MR) is 132 cm³/mol. The van der Waals surface area contributed by atoms with E-state index in [1.54, 1.807) is 11.8 Å². The summed E-state index contributed by atoms with van der Waals surface area (Å²) in [5.74, 6) is -0.206. The minimum absolute atomic E-state index is 0.263. The normalized spacial score (nSPS) is 12.8. The molecule has 1 atom stereocenters. The standard InChI is InChI=1S/C26H28ClNO4S/c27-24-15-23(12-11-20(24)8-5-13-26(28,18-29)16-25(30)31)33-22-10-4-9-21(14-22)32-17-19-6-2-1-3-7-19/h1-4,6-7,9-12,14-15,29H,5,8,13,16-18,28H2,(H,30,31). The Bertz CT molecular complexity index is 1060. The molecule has 0 radical (unpaired) electrons. The van der Waals surface area contributed by atoms with E-state index in [1.807, 2.05) is 72.8 Å². The summed E-state index contributed by atoms with van der Waals surface area (Å²) in [6, 6.07) is 23.9. The number of benzene rings is 3. The Kier molecular flexibility index (Phi) is 9.21. The molecule has 0 aromatic heterocycles. The summed E-state index contributed by atoms with van der Waals surface area (Å²) in [6.45, 7) is 0.152. The third-order valence-electron chi connectivity index (χ3n) is 5.25. The highest BCUT2D eigenvalue weighted by molar-refractivity contribution is 7.99. The molecule has 7 heteroatoms. The van der Waals surface area contributed by atoms with E-state index in [1.165, 1.54) is 0 Å². The summed E-state index contributed by atoms with van der Waals surface area (Å²) in [6.07, 6.45) is 1.43. The minimum atomic E-state index is -1.11. The second-order valence-corrected chi connectivity index (χ2v) is 9.60. The molecule has 0 fully saturated rings. The van der Waals surface area contributed by atoms with E-state index in [9.17, 15) is 9.90 Å². The number of rotatable bonds is 12. The van der Waals surface area contributed by atoms with Gasteiger partial charge in [0.15, 0.2) is 0 Å². The molecule has 0 aliphatic heterocycles. The third-order valence-corrected chi connectivity index (χ3v) is 6.58. The number of hydrogen-bond acceptors (Lipinski definition) is 5. The Labute approximate surface area is 203 Å². The van der Waals surface area contributed by atoms with Gasteiger partial charge in [0, 0.05) is 20.4 Å². The lowest BCUT2D eigenvalue weighted by molar-refractivity contribution is -0.138. The first-order chi connectivity index (χ1) is 15.9. The topological polar surface area (TPSA) is 92.8 Å². The van der Waals surface area contributed by atoms with Crippen molar-refractivity contribution in [2.75, 3.05) is 6.61 Å².